The lowest BCUT2D eigenvalue weighted by Crippen LogP contribution is -2.36. The van der Waals surface area contributed by atoms with Gasteiger partial charge in [0.15, 0.2) is 0 Å². The molecular weight excluding hydrogens is 257 g/mol. The Morgan fingerprint density at radius 3 is 2.50 bits per heavy atom. The van der Waals surface area contributed by atoms with Crippen LogP contribution in [0, 0.1) is 5.82 Å². The van der Waals surface area contributed by atoms with Gasteiger partial charge in [-0.25, -0.2) is 4.39 Å². The molecule has 112 valence electrons. The summed E-state index contributed by atoms with van der Waals surface area (Å²) in [7, 11) is 3.45. The van der Waals surface area contributed by atoms with Gasteiger partial charge in [0.1, 0.15) is 5.82 Å². The molecule has 5 heteroatoms. The van der Waals surface area contributed by atoms with Gasteiger partial charge in [0.25, 0.3) is 0 Å². The molecule has 0 atom stereocenters. The Balaban J connectivity index is 2.82. The number of rotatable bonds is 7. The average molecular weight is 281 g/mol. The Labute approximate surface area is 120 Å². The molecule has 1 aromatic rings. The summed E-state index contributed by atoms with van der Waals surface area (Å²) in [6.45, 7) is 3.70. The maximum atomic E-state index is 14.2. The van der Waals surface area contributed by atoms with Gasteiger partial charge in [0.2, 0.25) is 5.91 Å². The topological polar surface area (TPSA) is 49.6 Å². The largest absolute Gasteiger partial charge is 0.348 e. The van der Waals surface area contributed by atoms with Crippen LogP contribution in [0.2, 0.25) is 0 Å². The van der Waals surface area contributed by atoms with Crippen LogP contribution in [0.3, 0.4) is 0 Å². The zero-order valence-electron chi connectivity index (χ0n) is 12.5. The third-order valence-electron chi connectivity index (χ3n) is 3.17. The van der Waals surface area contributed by atoms with Crippen molar-refractivity contribution in [2.75, 3.05) is 27.2 Å². The predicted octanol–water partition coefficient (Wildman–Crippen LogP) is 1.58. The third kappa shape index (κ3) is 4.58. The zero-order valence-corrected chi connectivity index (χ0v) is 12.5. The second-order valence-corrected chi connectivity index (χ2v) is 5.09. The van der Waals surface area contributed by atoms with Crippen molar-refractivity contribution in [2.24, 2.45) is 5.73 Å². The molecule has 0 radical (unpaired) electrons. The van der Waals surface area contributed by atoms with Gasteiger partial charge in [-0.3, -0.25) is 9.69 Å². The lowest BCUT2D eigenvalue weighted by Gasteiger charge is -2.23. The monoisotopic (exact) mass is 281 g/mol. The highest BCUT2D eigenvalue weighted by Gasteiger charge is 2.15. The van der Waals surface area contributed by atoms with Crippen LogP contribution >= 0.6 is 0 Å². The number of nitrogens with two attached hydrogens (primary N) is 1. The summed E-state index contributed by atoms with van der Waals surface area (Å²) in [5.41, 5.74) is 6.62. The molecule has 0 bridgehead atoms. The SMILES string of the molecule is CCCN(CC(=O)N(C)C)Cc1cccc(CN)c1F. The Morgan fingerprint density at radius 2 is 1.95 bits per heavy atom. The fourth-order valence-electron chi connectivity index (χ4n) is 2.02. The van der Waals surface area contributed by atoms with Crippen molar-refractivity contribution in [3.8, 4) is 0 Å². The molecule has 0 aliphatic rings. The maximum Gasteiger partial charge on any atom is 0.236 e. The Kier molecular flexibility index (Phi) is 6.61. The number of hydrogen-bond donors (Lipinski definition) is 1. The molecule has 0 heterocycles. The van der Waals surface area contributed by atoms with E-state index in [0.717, 1.165) is 13.0 Å². The minimum atomic E-state index is -0.256. The molecule has 4 nitrogen and oxygen atoms in total. The third-order valence-corrected chi connectivity index (χ3v) is 3.17. The van der Waals surface area contributed by atoms with Crippen molar-refractivity contribution in [3.05, 3.63) is 35.1 Å². The number of amides is 1. The maximum absolute atomic E-state index is 14.2. The normalized spacial score (nSPS) is 10.9. The van der Waals surface area contributed by atoms with Crippen LogP contribution in [0.15, 0.2) is 18.2 Å². The van der Waals surface area contributed by atoms with Crippen molar-refractivity contribution in [3.63, 3.8) is 0 Å². The van der Waals surface area contributed by atoms with Crippen LogP contribution < -0.4 is 5.73 Å². The molecule has 2 N–H and O–H groups in total. The summed E-state index contributed by atoms with van der Waals surface area (Å²) >= 11 is 0. The highest BCUT2D eigenvalue weighted by Crippen LogP contribution is 2.15. The Morgan fingerprint density at radius 1 is 1.30 bits per heavy atom. The molecule has 0 aromatic heterocycles. The quantitative estimate of drug-likeness (QED) is 0.825. The number of likely N-dealkylation sites (N-methyl/N-ethyl adjacent to an activating group) is 1. The molecule has 0 aliphatic heterocycles. The van der Waals surface area contributed by atoms with E-state index in [9.17, 15) is 9.18 Å². The van der Waals surface area contributed by atoms with Gasteiger partial charge in [-0.05, 0) is 13.0 Å². The first-order valence-electron chi connectivity index (χ1n) is 6.88. The fourth-order valence-corrected chi connectivity index (χ4v) is 2.02. The second-order valence-electron chi connectivity index (χ2n) is 5.09. The van der Waals surface area contributed by atoms with Crippen molar-refractivity contribution >= 4 is 5.91 Å². The average Bonchev–Trinajstić information content (AvgIpc) is 2.41. The van der Waals surface area contributed by atoms with E-state index in [-0.39, 0.29) is 18.3 Å². The molecule has 20 heavy (non-hydrogen) atoms. The zero-order chi connectivity index (χ0) is 15.1. The van der Waals surface area contributed by atoms with Crippen molar-refractivity contribution in [2.45, 2.75) is 26.4 Å². The van der Waals surface area contributed by atoms with Crippen LogP contribution in [0.25, 0.3) is 0 Å². The molecule has 0 saturated heterocycles. The first-order chi connectivity index (χ1) is 9.49. The van der Waals surface area contributed by atoms with Crippen LogP contribution in [-0.2, 0) is 17.9 Å². The fraction of sp³-hybridized carbons (Fsp3) is 0.533. The highest BCUT2D eigenvalue weighted by atomic mass is 19.1. The molecule has 1 amide bonds. The van der Waals surface area contributed by atoms with Crippen molar-refractivity contribution < 1.29 is 9.18 Å². The van der Waals surface area contributed by atoms with Crippen LogP contribution in [0.4, 0.5) is 4.39 Å². The van der Waals surface area contributed by atoms with Crippen LogP contribution in [0.5, 0.6) is 0 Å². The van der Waals surface area contributed by atoms with E-state index in [2.05, 4.69) is 0 Å². The second kappa shape index (κ2) is 7.97. The summed E-state index contributed by atoms with van der Waals surface area (Å²) in [5, 5.41) is 0. The summed E-state index contributed by atoms with van der Waals surface area (Å²) < 4.78 is 14.2. The molecule has 1 aromatic carbocycles. The summed E-state index contributed by atoms with van der Waals surface area (Å²) in [5.74, 6) is -0.234. The minimum Gasteiger partial charge on any atom is -0.348 e. The van der Waals surface area contributed by atoms with Crippen molar-refractivity contribution in [1.29, 1.82) is 0 Å². The molecule has 0 aliphatic carbocycles. The van der Waals surface area contributed by atoms with Gasteiger partial charge in [-0.2, -0.15) is 0 Å². The standard InChI is InChI=1S/C15H24FN3O/c1-4-8-19(11-14(20)18(2)3)10-13-7-5-6-12(9-17)15(13)16/h5-7H,4,8-11,17H2,1-3H3. The van der Waals surface area contributed by atoms with Gasteiger partial charge in [0.05, 0.1) is 6.54 Å². The summed E-state index contributed by atoms with van der Waals surface area (Å²) in [6, 6.07) is 5.24. The van der Waals surface area contributed by atoms with Gasteiger partial charge < -0.3 is 10.6 Å². The van der Waals surface area contributed by atoms with Crippen LogP contribution in [-0.4, -0.2) is 42.9 Å². The first-order valence-corrected chi connectivity index (χ1v) is 6.88. The molecule has 0 spiro atoms. The van der Waals surface area contributed by atoms with Gasteiger partial charge >= 0.3 is 0 Å². The number of benzene rings is 1. The Hall–Kier alpha value is -1.46. The molecule has 0 unspecified atom stereocenters. The number of carbonyl (C=O) groups excluding carboxylic acids is 1. The van der Waals surface area contributed by atoms with E-state index < -0.39 is 0 Å². The molecular formula is C15H24FN3O. The van der Waals surface area contributed by atoms with Gasteiger partial charge in [0, 0.05) is 38.3 Å². The lowest BCUT2D eigenvalue weighted by atomic mass is 10.1. The first kappa shape index (κ1) is 16.6. The molecule has 0 saturated carbocycles. The van der Waals surface area contributed by atoms with E-state index in [4.69, 9.17) is 5.73 Å². The van der Waals surface area contributed by atoms with E-state index in [1.165, 1.54) is 0 Å². The van der Waals surface area contributed by atoms with E-state index in [1.807, 2.05) is 11.8 Å². The highest BCUT2D eigenvalue weighted by molar-refractivity contribution is 5.77. The predicted molar refractivity (Wildman–Crippen MR) is 78.6 cm³/mol. The van der Waals surface area contributed by atoms with E-state index in [1.54, 1.807) is 37.2 Å². The molecule has 1 rings (SSSR count). The molecule has 0 fully saturated rings. The summed E-state index contributed by atoms with van der Waals surface area (Å²) in [6.07, 6.45) is 0.916. The Bertz CT molecular complexity index is 449. The number of nitrogens with zero attached hydrogens (tertiary/aromatic N) is 2. The lowest BCUT2D eigenvalue weighted by molar-refractivity contribution is -0.130. The summed E-state index contributed by atoms with van der Waals surface area (Å²) in [4.78, 5) is 15.3. The van der Waals surface area contributed by atoms with E-state index >= 15 is 0 Å². The number of hydrogen-bond acceptors (Lipinski definition) is 3. The van der Waals surface area contributed by atoms with Gasteiger partial charge in [-0.1, -0.05) is 25.1 Å². The van der Waals surface area contributed by atoms with E-state index in [0.29, 0.717) is 24.2 Å². The smallest absolute Gasteiger partial charge is 0.236 e. The number of carbonyl (C=O) groups is 1. The minimum absolute atomic E-state index is 0.0221. The van der Waals surface area contributed by atoms with Crippen LogP contribution in [0.1, 0.15) is 24.5 Å². The van der Waals surface area contributed by atoms with Gasteiger partial charge in [-0.15, -0.1) is 0 Å². The van der Waals surface area contributed by atoms with Crippen molar-refractivity contribution in [1.82, 2.24) is 9.80 Å². The number of halogens is 1.